The van der Waals surface area contributed by atoms with Gasteiger partial charge in [0.2, 0.25) is 0 Å². The third-order valence-electron chi connectivity index (χ3n) is 2.67. The molecule has 1 aliphatic carbocycles. The van der Waals surface area contributed by atoms with Crippen molar-refractivity contribution in [2.75, 3.05) is 23.7 Å². The Labute approximate surface area is 94.5 Å². The summed E-state index contributed by atoms with van der Waals surface area (Å²) in [6.07, 6.45) is 4.09. The van der Waals surface area contributed by atoms with Crippen molar-refractivity contribution in [1.82, 2.24) is 9.97 Å². The number of nitrogen functional groups attached to an aromatic ring is 1. The Morgan fingerprint density at radius 1 is 1.53 bits per heavy atom. The monoisotopic (exact) mass is 226 g/mol. The predicted octanol–water partition coefficient (Wildman–Crippen LogP) is 1.95. The standard InChI is InChI=1S/C10H15ClN4/c1-2-15(5-7-3-4-7)10-8(12)9(11)13-6-14-10/h6-7H,2-5,12H2,1H3. The van der Waals surface area contributed by atoms with E-state index in [9.17, 15) is 0 Å². The summed E-state index contributed by atoms with van der Waals surface area (Å²) in [4.78, 5) is 10.2. The van der Waals surface area contributed by atoms with Crippen LogP contribution < -0.4 is 10.6 Å². The lowest BCUT2D eigenvalue weighted by Gasteiger charge is -2.23. The summed E-state index contributed by atoms with van der Waals surface area (Å²) in [5.41, 5.74) is 6.34. The normalized spacial score (nSPS) is 15.3. The van der Waals surface area contributed by atoms with Crippen molar-refractivity contribution in [1.29, 1.82) is 0 Å². The number of nitrogens with zero attached hydrogens (tertiary/aromatic N) is 3. The molecule has 0 bridgehead atoms. The molecule has 1 aliphatic rings. The quantitative estimate of drug-likeness (QED) is 0.798. The van der Waals surface area contributed by atoms with Gasteiger partial charge in [-0.25, -0.2) is 9.97 Å². The van der Waals surface area contributed by atoms with Crippen molar-refractivity contribution in [3.63, 3.8) is 0 Å². The molecule has 82 valence electrons. The lowest BCUT2D eigenvalue weighted by atomic mass is 10.3. The van der Waals surface area contributed by atoms with E-state index in [-0.39, 0.29) is 0 Å². The summed E-state index contributed by atoms with van der Waals surface area (Å²) in [6, 6.07) is 0. The number of nitrogens with two attached hydrogens (primary N) is 1. The molecule has 0 radical (unpaired) electrons. The van der Waals surface area contributed by atoms with E-state index >= 15 is 0 Å². The molecule has 0 unspecified atom stereocenters. The highest BCUT2D eigenvalue weighted by molar-refractivity contribution is 6.32. The number of aromatic nitrogens is 2. The lowest BCUT2D eigenvalue weighted by molar-refractivity contribution is 0.731. The molecule has 0 aromatic carbocycles. The Morgan fingerprint density at radius 3 is 2.87 bits per heavy atom. The number of anilines is 2. The summed E-state index contributed by atoms with van der Waals surface area (Å²) in [5.74, 6) is 1.57. The van der Waals surface area contributed by atoms with Crippen molar-refractivity contribution >= 4 is 23.1 Å². The van der Waals surface area contributed by atoms with Crippen LogP contribution in [0.15, 0.2) is 6.33 Å². The summed E-state index contributed by atoms with van der Waals surface area (Å²) in [6.45, 7) is 4.01. The van der Waals surface area contributed by atoms with Gasteiger partial charge in [-0.05, 0) is 25.7 Å². The van der Waals surface area contributed by atoms with Gasteiger partial charge in [0.1, 0.15) is 12.0 Å². The van der Waals surface area contributed by atoms with Gasteiger partial charge < -0.3 is 10.6 Å². The molecular formula is C10H15ClN4. The Kier molecular flexibility index (Phi) is 2.95. The van der Waals surface area contributed by atoms with Crippen molar-refractivity contribution in [2.45, 2.75) is 19.8 Å². The molecule has 4 nitrogen and oxygen atoms in total. The van der Waals surface area contributed by atoms with Gasteiger partial charge in [-0.15, -0.1) is 0 Å². The smallest absolute Gasteiger partial charge is 0.157 e. The first-order chi connectivity index (χ1) is 7.22. The van der Waals surface area contributed by atoms with Gasteiger partial charge in [-0.2, -0.15) is 0 Å². The molecule has 2 rings (SSSR count). The molecule has 1 fully saturated rings. The van der Waals surface area contributed by atoms with Crippen LogP contribution in [-0.2, 0) is 0 Å². The van der Waals surface area contributed by atoms with Gasteiger partial charge in [-0.1, -0.05) is 11.6 Å². The fourth-order valence-electron chi connectivity index (χ4n) is 1.60. The first-order valence-corrected chi connectivity index (χ1v) is 5.61. The Morgan fingerprint density at radius 2 is 2.27 bits per heavy atom. The Bertz CT molecular complexity index is 351. The second-order valence-electron chi connectivity index (χ2n) is 3.88. The number of halogens is 1. The predicted molar refractivity (Wildman–Crippen MR) is 62.1 cm³/mol. The molecule has 1 heterocycles. The van der Waals surface area contributed by atoms with Crippen LogP contribution in [0.5, 0.6) is 0 Å². The van der Waals surface area contributed by atoms with Crippen LogP contribution in [0.3, 0.4) is 0 Å². The molecule has 0 atom stereocenters. The van der Waals surface area contributed by atoms with Crippen molar-refractivity contribution in [2.24, 2.45) is 5.92 Å². The van der Waals surface area contributed by atoms with E-state index in [2.05, 4.69) is 21.8 Å². The molecule has 1 aromatic heterocycles. The summed E-state index contributed by atoms with van der Waals surface area (Å²) in [5, 5.41) is 0.342. The van der Waals surface area contributed by atoms with Crippen molar-refractivity contribution in [3.8, 4) is 0 Å². The van der Waals surface area contributed by atoms with Gasteiger partial charge in [0, 0.05) is 13.1 Å². The summed E-state index contributed by atoms with van der Waals surface area (Å²) < 4.78 is 0. The van der Waals surface area contributed by atoms with Crippen LogP contribution in [0.4, 0.5) is 11.5 Å². The zero-order valence-corrected chi connectivity index (χ0v) is 9.54. The lowest BCUT2D eigenvalue weighted by Crippen LogP contribution is -2.27. The Hall–Kier alpha value is -1.03. The molecule has 5 heteroatoms. The van der Waals surface area contributed by atoms with E-state index in [4.69, 9.17) is 17.3 Å². The first-order valence-electron chi connectivity index (χ1n) is 5.23. The van der Waals surface area contributed by atoms with Gasteiger partial charge in [0.15, 0.2) is 11.0 Å². The molecule has 0 spiro atoms. The zero-order valence-electron chi connectivity index (χ0n) is 8.78. The number of hydrogen-bond donors (Lipinski definition) is 1. The average Bonchev–Trinajstić information content (AvgIpc) is 3.03. The Balaban J connectivity index is 2.20. The highest BCUT2D eigenvalue weighted by atomic mass is 35.5. The van der Waals surface area contributed by atoms with Crippen LogP contribution in [-0.4, -0.2) is 23.1 Å². The van der Waals surface area contributed by atoms with E-state index in [0.717, 1.165) is 24.8 Å². The maximum atomic E-state index is 5.86. The molecule has 0 amide bonds. The maximum Gasteiger partial charge on any atom is 0.157 e. The molecule has 2 N–H and O–H groups in total. The topological polar surface area (TPSA) is 55.0 Å². The molecule has 0 saturated heterocycles. The molecule has 1 aromatic rings. The third kappa shape index (κ3) is 2.31. The van der Waals surface area contributed by atoms with Crippen LogP contribution in [0.2, 0.25) is 5.15 Å². The average molecular weight is 227 g/mol. The van der Waals surface area contributed by atoms with Crippen LogP contribution in [0, 0.1) is 5.92 Å². The molecular weight excluding hydrogens is 212 g/mol. The minimum Gasteiger partial charge on any atom is -0.393 e. The highest BCUT2D eigenvalue weighted by Crippen LogP contribution is 2.33. The molecule has 1 saturated carbocycles. The van der Waals surface area contributed by atoms with Gasteiger partial charge in [0.25, 0.3) is 0 Å². The second kappa shape index (κ2) is 4.23. The van der Waals surface area contributed by atoms with E-state index in [1.165, 1.54) is 19.2 Å². The summed E-state index contributed by atoms with van der Waals surface area (Å²) >= 11 is 5.86. The minimum atomic E-state index is 0.342. The zero-order chi connectivity index (χ0) is 10.8. The fourth-order valence-corrected chi connectivity index (χ4v) is 1.72. The third-order valence-corrected chi connectivity index (χ3v) is 2.97. The maximum absolute atomic E-state index is 5.86. The summed E-state index contributed by atoms with van der Waals surface area (Å²) in [7, 11) is 0. The molecule has 0 aliphatic heterocycles. The van der Waals surface area contributed by atoms with E-state index in [1.54, 1.807) is 0 Å². The first kappa shape index (κ1) is 10.5. The highest BCUT2D eigenvalue weighted by Gasteiger charge is 2.25. The largest absolute Gasteiger partial charge is 0.393 e. The van der Waals surface area contributed by atoms with Gasteiger partial charge in [0.05, 0.1) is 0 Å². The molecule has 15 heavy (non-hydrogen) atoms. The van der Waals surface area contributed by atoms with Crippen molar-refractivity contribution < 1.29 is 0 Å². The van der Waals surface area contributed by atoms with Crippen LogP contribution in [0.1, 0.15) is 19.8 Å². The SMILES string of the molecule is CCN(CC1CC1)c1ncnc(Cl)c1N. The van der Waals surface area contributed by atoms with E-state index in [0.29, 0.717) is 10.8 Å². The fraction of sp³-hybridized carbons (Fsp3) is 0.600. The van der Waals surface area contributed by atoms with Gasteiger partial charge in [-0.3, -0.25) is 0 Å². The van der Waals surface area contributed by atoms with Crippen molar-refractivity contribution in [3.05, 3.63) is 11.5 Å². The van der Waals surface area contributed by atoms with E-state index < -0.39 is 0 Å². The number of hydrogen-bond acceptors (Lipinski definition) is 4. The minimum absolute atomic E-state index is 0.342. The van der Waals surface area contributed by atoms with Gasteiger partial charge >= 0.3 is 0 Å². The van der Waals surface area contributed by atoms with Crippen LogP contribution >= 0.6 is 11.6 Å². The van der Waals surface area contributed by atoms with Crippen LogP contribution in [0.25, 0.3) is 0 Å². The van der Waals surface area contributed by atoms with E-state index in [1.807, 2.05) is 0 Å². The number of rotatable bonds is 4. The second-order valence-corrected chi connectivity index (χ2v) is 4.24.